The van der Waals surface area contributed by atoms with E-state index in [1.165, 1.54) is 16.9 Å². The van der Waals surface area contributed by atoms with E-state index in [1.54, 1.807) is 0 Å². The number of alkyl halides is 1. The van der Waals surface area contributed by atoms with Crippen LogP contribution >= 0.6 is 34.5 Å². The number of unbranched alkanes of at least 4 members (excludes halogenated alkanes) is 2. The van der Waals surface area contributed by atoms with Gasteiger partial charge in [0.15, 0.2) is 0 Å². The van der Waals surface area contributed by atoms with Crippen molar-refractivity contribution in [2.24, 2.45) is 0 Å². The number of carbonyl (C=O) groups is 1. The number of thiophene rings is 1. The minimum Gasteiger partial charge on any atom is -0.488 e. The Morgan fingerprint density at radius 2 is 1.88 bits per heavy atom. The average molecular weight is 387 g/mol. The van der Waals surface area contributed by atoms with Crippen LogP contribution in [0.2, 0.25) is 4.34 Å². The predicted octanol–water partition coefficient (Wildman–Crippen LogP) is 5.78. The first-order valence-corrected chi connectivity index (χ1v) is 9.50. The summed E-state index contributed by atoms with van der Waals surface area (Å²) in [6.45, 7) is 0.528. The van der Waals surface area contributed by atoms with Gasteiger partial charge in [-0.05, 0) is 49.1 Å². The van der Waals surface area contributed by atoms with Crippen molar-refractivity contribution in [1.82, 2.24) is 0 Å². The Hall–Kier alpha value is -1.23. The van der Waals surface area contributed by atoms with E-state index >= 15 is 0 Å². The van der Waals surface area contributed by atoms with Gasteiger partial charge in [-0.1, -0.05) is 36.6 Å². The Morgan fingerprint density at radius 1 is 1.12 bits per heavy atom. The van der Waals surface area contributed by atoms with Crippen molar-refractivity contribution in [2.75, 3.05) is 0 Å². The third kappa shape index (κ3) is 6.71. The highest BCUT2D eigenvalue weighted by Crippen LogP contribution is 2.23. The maximum atomic E-state index is 10.6. The Balaban J connectivity index is 1.65. The van der Waals surface area contributed by atoms with Crippen LogP contribution in [0, 0.1) is 0 Å². The molecule has 0 bridgehead atoms. The van der Waals surface area contributed by atoms with Gasteiger partial charge in [-0.2, -0.15) is 0 Å². The van der Waals surface area contributed by atoms with E-state index in [2.05, 4.69) is 12.1 Å². The van der Waals surface area contributed by atoms with Gasteiger partial charge in [-0.15, -0.1) is 22.9 Å². The second-order valence-corrected chi connectivity index (χ2v) is 7.87. The number of halogens is 2. The lowest BCUT2D eigenvalue weighted by Gasteiger charge is -2.07. The Labute approximate surface area is 156 Å². The van der Waals surface area contributed by atoms with Crippen LogP contribution in [0.4, 0.5) is 0 Å². The van der Waals surface area contributed by atoms with Crippen LogP contribution in [0.25, 0.3) is 0 Å². The van der Waals surface area contributed by atoms with E-state index in [4.69, 9.17) is 33.0 Å². The summed E-state index contributed by atoms with van der Waals surface area (Å²) >= 11 is 13.1. The first-order chi connectivity index (χ1) is 11.5. The van der Waals surface area contributed by atoms with Gasteiger partial charge in [0.2, 0.25) is 0 Å². The Bertz CT molecular complexity index is 640. The van der Waals surface area contributed by atoms with E-state index < -0.39 is 11.3 Å². The molecule has 0 fully saturated rings. The lowest BCUT2D eigenvalue weighted by Crippen LogP contribution is -2.12. The van der Waals surface area contributed by atoms with Crippen LogP contribution in [-0.2, 0) is 17.8 Å². The summed E-state index contributed by atoms with van der Waals surface area (Å²) in [7, 11) is 0. The van der Waals surface area contributed by atoms with E-state index in [0.29, 0.717) is 13.0 Å². The summed E-state index contributed by atoms with van der Waals surface area (Å²) in [4.78, 5) is 11.7. The fourth-order valence-electron chi connectivity index (χ4n) is 2.29. The van der Waals surface area contributed by atoms with Gasteiger partial charge in [0.05, 0.1) is 4.34 Å². The zero-order valence-corrected chi connectivity index (χ0v) is 15.5. The first-order valence-electron chi connectivity index (χ1n) is 7.87. The van der Waals surface area contributed by atoms with Crippen molar-refractivity contribution in [3.05, 3.63) is 51.2 Å². The number of aryl methyl sites for hydroxylation is 1. The lowest BCUT2D eigenvalue weighted by molar-refractivity contribution is -0.136. The summed E-state index contributed by atoms with van der Waals surface area (Å²) in [6, 6.07) is 11.9. The molecular weight excluding hydrogens is 367 g/mol. The molecule has 6 heteroatoms. The Morgan fingerprint density at radius 3 is 2.50 bits per heavy atom. The van der Waals surface area contributed by atoms with Crippen molar-refractivity contribution in [2.45, 2.75) is 44.1 Å². The summed E-state index contributed by atoms with van der Waals surface area (Å²) in [5.74, 6) is -0.0909. The highest BCUT2D eigenvalue weighted by Gasteiger charge is 2.12. The molecule has 1 unspecified atom stereocenters. The van der Waals surface area contributed by atoms with Crippen LogP contribution < -0.4 is 4.74 Å². The standard InChI is InChI=1S/C18H20Cl2O3S/c19-16(18(21)22)5-3-1-2-4-13-6-8-14(9-7-13)23-12-15-10-11-17(20)24-15/h6-11,16H,1-5,12H2,(H,21,22). The van der Waals surface area contributed by atoms with Crippen molar-refractivity contribution >= 4 is 40.5 Å². The molecule has 1 heterocycles. The van der Waals surface area contributed by atoms with Crippen molar-refractivity contribution in [3.8, 4) is 5.75 Å². The van der Waals surface area contributed by atoms with E-state index in [9.17, 15) is 4.79 Å². The molecule has 0 amide bonds. The molecule has 0 saturated carbocycles. The second-order valence-electron chi connectivity index (χ2n) is 5.54. The van der Waals surface area contributed by atoms with Crippen LogP contribution in [0.5, 0.6) is 5.75 Å². The largest absolute Gasteiger partial charge is 0.488 e. The number of aliphatic carboxylic acids is 1. The van der Waals surface area contributed by atoms with Gasteiger partial charge in [0.25, 0.3) is 0 Å². The molecule has 0 aliphatic heterocycles. The maximum absolute atomic E-state index is 10.6. The average Bonchev–Trinajstić information content (AvgIpc) is 2.99. The van der Waals surface area contributed by atoms with Gasteiger partial charge in [-0.25, -0.2) is 0 Å². The van der Waals surface area contributed by atoms with E-state index in [1.807, 2.05) is 24.3 Å². The fraction of sp³-hybridized carbons (Fsp3) is 0.389. The molecule has 0 spiro atoms. The molecular formula is C18H20Cl2O3S. The van der Waals surface area contributed by atoms with Crippen LogP contribution in [0.15, 0.2) is 36.4 Å². The molecule has 1 aromatic heterocycles. The summed E-state index contributed by atoms with van der Waals surface area (Å²) in [6.07, 6.45) is 4.34. The van der Waals surface area contributed by atoms with Crippen LogP contribution in [0.3, 0.4) is 0 Å². The number of hydrogen-bond acceptors (Lipinski definition) is 3. The first kappa shape index (κ1) is 19.1. The third-order valence-corrected chi connectivity index (χ3v) is 5.23. The quantitative estimate of drug-likeness (QED) is 0.416. The third-order valence-electron chi connectivity index (χ3n) is 3.62. The van der Waals surface area contributed by atoms with Gasteiger partial charge in [-0.3, -0.25) is 4.79 Å². The lowest BCUT2D eigenvalue weighted by atomic mass is 10.1. The van der Waals surface area contributed by atoms with Crippen molar-refractivity contribution < 1.29 is 14.6 Å². The van der Waals surface area contributed by atoms with Crippen LogP contribution in [-0.4, -0.2) is 16.5 Å². The van der Waals surface area contributed by atoms with Crippen molar-refractivity contribution in [3.63, 3.8) is 0 Å². The summed E-state index contributed by atoms with van der Waals surface area (Å²) in [5.41, 5.74) is 1.25. The molecule has 2 rings (SSSR count). The highest BCUT2D eigenvalue weighted by molar-refractivity contribution is 7.16. The maximum Gasteiger partial charge on any atom is 0.321 e. The minimum absolute atomic E-state index is 0.524. The van der Waals surface area contributed by atoms with E-state index in [0.717, 1.165) is 40.6 Å². The molecule has 0 radical (unpaired) electrons. The molecule has 1 atom stereocenters. The molecule has 3 nitrogen and oxygen atoms in total. The molecule has 0 saturated heterocycles. The molecule has 2 aromatic rings. The van der Waals surface area contributed by atoms with Crippen molar-refractivity contribution in [1.29, 1.82) is 0 Å². The van der Waals surface area contributed by atoms with E-state index in [-0.39, 0.29) is 0 Å². The predicted molar refractivity (Wildman–Crippen MR) is 99.6 cm³/mol. The van der Waals surface area contributed by atoms with Crippen LogP contribution in [0.1, 0.15) is 36.1 Å². The molecule has 0 aliphatic carbocycles. The topological polar surface area (TPSA) is 46.5 Å². The monoisotopic (exact) mass is 386 g/mol. The minimum atomic E-state index is -0.933. The Kier molecular flexibility index (Phi) is 7.89. The highest BCUT2D eigenvalue weighted by atomic mass is 35.5. The normalized spacial score (nSPS) is 12.1. The second kappa shape index (κ2) is 9.92. The molecule has 130 valence electrons. The number of rotatable bonds is 10. The number of benzene rings is 1. The molecule has 1 N–H and O–H groups in total. The smallest absolute Gasteiger partial charge is 0.321 e. The molecule has 1 aromatic carbocycles. The van der Waals surface area contributed by atoms with Gasteiger partial charge >= 0.3 is 5.97 Å². The zero-order chi connectivity index (χ0) is 17.4. The summed E-state index contributed by atoms with van der Waals surface area (Å²) < 4.78 is 6.50. The number of carboxylic acids is 1. The fourth-order valence-corrected chi connectivity index (χ4v) is 3.44. The number of carboxylic acid groups (broad SMARTS) is 1. The van der Waals surface area contributed by atoms with Gasteiger partial charge < -0.3 is 9.84 Å². The summed E-state index contributed by atoms with van der Waals surface area (Å²) in [5, 5.41) is 7.95. The number of ether oxygens (including phenoxy) is 1. The SMILES string of the molecule is O=C(O)C(Cl)CCCCCc1ccc(OCc2ccc(Cl)s2)cc1. The molecule has 24 heavy (non-hydrogen) atoms. The molecule has 0 aliphatic rings. The van der Waals surface area contributed by atoms with Gasteiger partial charge in [0, 0.05) is 4.88 Å². The number of hydrogen-bond donors (Lipinski definition) is 1. The zero-order valence-electron chi connectivity index (χ0n) is 13.2. The van der Waals surface area contributed by atoms with Gasteiger partial charge in [0.1, 0.15) is 17.7 Å².